The highest BCUT2D eigenvalue weighted by atomic mass is 16.7. The van der Waals surface area contributed by atoms with Gasteiger partial charge in [0.1, 0.15) is 17.8 Å². The molecule has 0 bridgehead atoms. The van der Waals surface area contributed by atoms with Gasteiger partial charge in [-0.3, -0.25) is 9.59 Å². The summed E-state index contributed by atoms with van der Waals surface area (Å²) >= 11 is 0. The molecule has 2 aliphatic rings. The average molecular weight is 333 g/mol. The van der Waals surface area contributed by atoms with Gasteiger partial charge in [-0.05, 0) is 20.8 Å². The van der Waals surface area contributed by atoms with E-state index in [1.807, 2.05) is 44.2 Å². The molecule has 2 aliphatic heterocycles. The lowest BCUT2D eigenvalue weighted by atomic mass is 9.80. The van der Waals surface area contributed by atoms with Crippen LogP contribution in [-0.2, 0) is 23.8 Å². The van der Waals surface area contributed by atoms with Gasteiger partial charge in [-0.2, -0.15) is 0 Å². The van der Waals surface area contributed by atoms with Crippen LogP contribution in [0.5, 0.6) is 0 Å². The molecule has 4 atom stereocenters. The molecule has 0 aliphatic carbocycles. The molecular formula is C18H23NO5. The fraction of sp³-hybridized carbons (Fsp3) is 0.556. The summed E-state index contributed by atoms with van der Waals surface area (Å²) in [4.78, 5) is 26.2. The number of carbonyl (C=O) groups excluding carboxylic acids is 2. The maximum absolute atomic E-state index is 12.6. The molecule has 0 spiro atoms. The molecule has 130 valence electrons. The molecule has 0 N–H and O–H groups in total. The van der Waals surface area contributed by atoms with Crippen LogP contribution in [-0.4, -0.2) is 48.2 Å². The molecule has 2 saturated heterocycles. The van der Waals surface area contributed by atoms with Crippen molar-refractivity contribution in [2.24, 2.45) is 5.92 Å². The van der Waals surface area contributed by atoms with Crippen LogP contribution in [0.2, 0.25) is 0 Å². The number of Topliss-reactive ketones (excluding diaryl/α,β-unsaturated/α-hetero) is 1. The number of carbonyl (C=O) groups is 2. The molecule has 24 heavy (non-hydrogen) atoms. The molecule has 0 radical (unpaired) electrons. The number of hydrogen-bond donors (Lipinski definition) is 0. The van der Waals surface area contributed by atoms with E-state index in [1.165, 1.54) is 6.92 Å². The minimum absolute atomic E-state index is 0.155. The zero-order chi connectivity index (χ0) is 17.5. The van der Waals surface area contributed by atoms with Crippen LogP contribution < -0.4 is 0 Å². The van der Waals surface area contributed by atoms with Crippen molar-refractivity contribution < 1.29 is 23.8 Å². The van der Waals surface area contributed by atoms with Crippen molar-refractivity contribution in [2.75, 3.05) is 13.7 Å². The van der Waals surface area contributed by atoms with Gasteiger partial charge in [-0.25, -0.2) is 0 Å². The number of ether oxygens (including phenoxy) is 3. The van der Waals surface area contributed by atoms with E-state index in [1.54, 1.807) is 12.0 Å². The van der Waals surface area contributed by atoms with Crippen molar-refractivity contribution in [1.82, 2.24) is 4.90 Å². The third-order valence-electron chi connectivity index (χ3n) is 4.59. The van der Waals surface area contributed by atoms with Gasteiger partial charge in [0, 0.05) is 12.7 Å². The maximum Gasteiger partial charge on any atom is 0.238 e. The second-order valence-corrected chi connectivity index (χ2v) is 6.69. The van der Waals surface area contributed by atoms with Crippen molar-refractivity contribution in [3.05, 3.63) is 35.9 Å². The molecule has 1 unspecified atom stereocenters. The molecule has 0 aromatic heterocycles. The summed E-state index contributed by atoms with van der Waals surface area (Å²) in [5.41, 5.74) is 0.860. The Balaban J connectivity index is 1.90. The molecule has 2 fully saturated rings. The van der Waals surface area contributed by atoms with Crippen molar-refractivity contribution >= 4 is 11.7 Å². The maximum atomic E-state index is 12.6. The monoisotopic (exact) mass is 333 g/mol. The third kappa shape index (κ3) is 2.85. The van der Waals surface area contributed by atoms with Crippen molar-refractivity contribution in [1.29, 1.82) is 0 Å². The van der Waals surface area contributed by atoms with Crippen LogP contribution in [0.15, 0.2) is 30.3 Å². The molecule has 1 aromatic rings. The molecular weight excluding hydrogens is 310 g/mol. The molecule has 1 aromatic carbocycles. The Morgan fingerprint density at radius 1 is 1.33 bits per heavy atom. The van der Waals surface area contributed by atoms with Crippen LogP contribution in [0.3, 0.4) is 0 Å². The van der Waals surface area contributed by atoms with Gasteiger partial charge in [-0.15, -0.1) is 0 Å². The highest BCUT2D eigenvalue weighted by molar-refractivity contribution is 6.06. The van der Waals surface area contributed by atoms with E-state index < -0.39 is 17.9 Å². The van der Waals surface area contributed by atoms with Crippen molar-refractivity contribution in [3.63, 3.8) is 0 Å². The molecule has 6 heteroatoms. The van der Waals surface area contributed by atoms with Crippen LogP contribution in [0.1, 0.15) is 32.6 Å². The molecule has 0 saturated carbocycles. The molecule has 2 heterocycles. The Bertz CT molecular complexity index is 630. The van der Waals surface area contributed by atoms with Gasteiger partial charge in [0.05, 0.1) is 12.6 Å². The van der Waals surface area contributed by atoms with E-state index in [4.69, 9.17) is 14.2 Å². The van der Waals surface area contributed by atoms with E-state index in [2.05, 4.69) is 0 Å². The highest BCUT2D eigenvalue weighted by Crippen LogP contribution is 2.41. The van der Waals surface area contributed by atoms with Crippen LogP contribution in [0, 0.1) is 5.92 Å². The number of methoxy groups -OCH3 is 1. The second-order valence-electron chi connectivity index (χ2n) is 6.69. The van der Waals surface area contributed by atoms with Crippen molar-refractivity contribution in [2.45, 2.75) is 44.9 Å². The van der Waals surface area contributed by atoms with Crippen LogP contribution in [0.25, 0.3) is 0 Å². The van der Waals surface area contributed by atoms with Crippen LogP contribution in [0.4, 0.5) is 0 Å². The fourth-order valence-corrected chi connectivity index (χ4v) is 3.52. The normalized spacial score (nSPS) is 30.1. The number of likely N-dealkylation sites (tertiary alicyclic amines) is 1. The minimum Gasteiger partial charge on any atom is -0.357 e. The van der Waals surface area contributed by atoms with Crippen molar-refractivity contribution in [3.8, 4) is 0 Å². The predicted octanol–water partition coefficient (Wildman–Crippen LogP) is 1.90. The number of benzene rings is 1. The van der Waals surface area contributed by atoms with E-state index in [0.717, 1.165) is 5.56 Å². The first-order chi connectivity index (χ1) is 11.4. The second kappa shape index (κ2) is 6.27. The first kappa shape index (κ1) is 17.1. The van der Waals surface area contributed by atoms with E-state index in [0.29, 0.717) is 6.61 Å². The zero-order valence-electron chi connectivity index (χ0n) is 14.4. The summed E-state index contributed by atoms with van der Waals surface area (Å²) in [6, 6.07) is 9.09. The number of β-lactam (4-membered cyclic amide) rings is 1. The molecule has 1 amide bonds. The van der Waals surface area contributed by atoms with E-state index in [-0.39, 0.29) is 23.8 Å². The summed E-state index contributed by atoms with van der Waals surface area (Å²) in [5.74, 6) is -1.80. The first-order valence-electron chi connectivity index (χ1n) is 8.08. The largest absolute Gasteiger partial charge is 0.357 e. The number of hydrogen-bond acceptors (Lipinski definition) is 5. The zero-order valence-corrected chi connectivity index (χ0v) is 14.4. The van der Waals surface area contributed by atoms with E-state index >= 15 is 0 Å². The SMILES string of the molecule is COC(c1ccccc1)N1C(=O)[C@H](C(C)=O)[C@H]1[C@H]1COC(C)(C)O1. The van der Waals surface area contributed by atoms with Gasteiger partial charge in [-0.1, -0.05) is 30.3 Å². The summed E-state index contributed by atoms with van der Waals surface area (Å²) < 4.78 is 17.1. The van der Waals surface area contributed by atoms with Gasteiger partial charge >= 0.3 is 0 Å². The molecule has 3 rings (SSSR count). The Kier molecular flexibility index (Phi) is 4.46. The Hall–Kier alpha value is -1.76. The van der Waals surface area contributed by atoms with Gasteiger partial charge < -0.3 is 19.1 Å². The lowest BCUT2D eigenvalue weighted by Crippen LogP contribution is -2.69. The minimum atomic E-state index is -0.717. The fourth-order valence-electron chi connectivity index (χ4n) is 3.52. The number of nitrogens with zero attached hydrogens (tertiary/aromatic N) is 1. The number of rotatable bonds is 5. The quantitative estimate of drug-likeness (QED) is 0.608. The van der Waals surface area contributed by atoms with Crippen LogP contribution >= 0.6 is 0 Å². The predicted molar refractivity (Wildman–Crippen MR) is 85.9 cm³/mol. The first-order valence-corrected chi connectivity index (χ1v) is 8.08. The lowest BCUT2D eigenvalue weighted by Gasteiger charge is -2.51. The van der Waals surface area contributed by atoms with E-state index in [9.17, 15) is 9.59 Å². The molecule has 6 nitrogen and oxygen atoms in total. The number of ketones is 1. The Labute approximate surface area is 141 Å². The smallest absolute Gasteiger partial charge is 0.238 e. The summed E-state index contributed by atoms with van der Waals surface area (Å²) in [6.45, 7) is 5.44. The topological polar surface area (TPSA) is 65.1 Å². The summed E-state index contributed by atoms with van der Waals surface area (Å²) in [5, 5.41) is 0. The lowest BCUT2D eigenvalue weighted by molar-refractivity contribution is -0.202. The summed E-state index contributed by atoms with van der Waals surface area (Å²) in [7, 11) is 1.55. The Morgan fingerprint density at radius 2 is 2.00 bits per heavy atom. The van der Waals surface area contributed by atoms with Gasteiger partial charge in [0.15, 0.2) is 12.0 Å². The Morgan fingerprint density at radius 3 is 2.50 bits per heavy atom. The highest BCUT2D eigenvalue weighted by Gasteiger charge is 2.58. The number of amides is 1. The van der Waals surface area contributed by atoms with Gasteiger partial charge in [0.25, 0.3) is 0 Å². The average Bonchev–Trinajstić information content (AvgIpc) is 2.89. The summed E-state index contributed by atoms with van der Waals surface area (Å²) in [6.07, 6.45) is -0.903. The third-order valence-corrected chi connectivity index (χ3v) is 4.59. The van der Waals surface area contributed by atoms with Gasteiger partial charge in [0.2, 0.25) is 5.91 Å². The standard InChI is InChI=1S/C18H23NO5/c1-11(20)14-15(13-10-23-18(2,3)24-13)19(16(14)21)17(22-4)12-8-6-5-7-9-12/h5-9,13-15,17H,10H2,1-4H3/t13-,14-,15-,17?/m1/s1.